The van der Waals surface area contributed by atoms with Crippen molar-refractivity contribution in [3.63, 3.8) is 0 Å². The number of ether oxygens (including phenoxy) is 7. The number of aromatic hydroxyl groups is 3. The van der Waals surface area contributed by atoms with E-state index < -0.39 is 243 Å². The Morgan fingerprint density at radius 2 is 1.34 bits per heavy atom. The van der Waals surface area contributed by atoms with Gasteiger partial charge in [0.2, 0.25) is 59.3 Å². The van der Waals surface area contributed by atoms with Crippen LogP contribution in [0.25, 0.3) is 11.1 Å². The number of benzene rings is 6. The Morgan fingerprint density at radius 1 is 0.709 bits per heavy atom. The van der Waals surface area contributed by atoms with E-state index in [2.05, 4.69) is 54.8 Å². The van der Waals surface area contributed by atoms with Crippen molar-refractivity contribution >= 4 is 76.4 Å². The number of aliphatic hydroxyl groups excluding tert-OH is 6. The summed E-state index contributed by atoms with van der Waals surface area (Å²) in [7, 11) is 1.47. The first-order valence-corrected chi connectivity index (χ1v) is 38.2. The number of hydrogen-bond acceptors (Lipinski definition) is 27. The minimum absolute atomic E-state index is 0.115. The molecule has 8 amide bonds. The van der Waals surface area contributed by atoms with E-state index in [1.165, 1.54) is 33.0 Å². The Hall–Kier alpha value is -10.7. The molecule has 2 saturated heterocycles. The number of halogens is 2. The van der Waals surface area contributed by atoms with Crippen molar-refractivity contribution < 1.29 is 127 Å². The number of carboxylic acids is 1. The summed E-state index contributed by atoms with van der Waals surface area (Å²) >= 11 is 14.3. The van der Waals surface area contributed by atoms with E-state index in [0.717, 1.165) is 85.1 Å². The van der Waals surface area contributed by atoms with Gasteiger partial charge in [0.05, 0.1) is 53.9 Å². The first-order valence-electron chi connectivity index (χ1n) is 37.5. The van der Waals surface area contributed by atoms with Crippen molar-refractivity contribution in [2.24, 2.45) is 11.7 Å². The van der Waals surface area contributed by atoms with Crippen molar-refractivity contribution in [1.29, 1.82) is 0 Å². The monoisotopic (exact) mass is 1670 g/mol. The van der Waals surface area contributed by atoms with Gasteiger partial charge in [-0.05, 0) is 134 Å². The molecular weight excluding hydrogens is 1580 g/mol. The Kier molecular flexibility index (Phi) is 27.8. The van der Waals surface area contributed by atoms with Crippen LogP contribution >= 0.6 is 23.2 Å². The maximum absolute atomic E-state index is 16.2. The third-order valence-corrected chi connectivity index (χ3v) is 21.1. The quantitative estimate of drug-likeness (QED) is 0.0433. The fraction of sp³-hybridized carbons (Fsp3) is 0.430. The molecule has 36 nitrogen and oxygen atoms in total. The van der Waals surface area contributed by atoms with Crippen LogP contribution in [-0.4, -0.2) is 210 Å². The number of nitrogens with one attached hydrogen (secondary N) is 9. The van der Waals surface area contributed by atoms with Gasteiger partial charge in [-0.3, -0.25) is 38.4 Å². The van der Waals surface area contributed by atoms with Crippen LogP contribution in [0.2, 0.25) is 10.0 Å². The lowest BCUT2D eigenvalue weighted by atomic mass is 9.85. The third kappa shape index (κ3) is 20.0. The van der Waals surface area contributed by atoms with Gasteiger partial charge in [0.1, 0.15) is 101 Å². The molecule has 11 bridgehead atoms. The van der Waals surface area contributed by atoms with Crippen LogP contribution in [0.5, 0.6) is 51.7 Å². The number of aliphatic hydroxyl groups is 6. The SMILES string of the molecule is CCCCOc1ccc(CNCC(=O)N[C@@]2(C)C[C@H](O[C@H]3[C@H](Oc4c5cc6cc4Oc4ccc(cc4Cl)[C@@H](O)[C@@H](NC(=O)[C@@H](CC(C)C)NC)C(=O)N[C@@H](CC(N)=O)C(=O)N[C@H]6C(=O)N[C@H]4C(=O)N[C@H](C(=O)N[C@H](C(=O)O)c6cc(O)cc(O)c6-c6cc4ccc6O)[C@H](O)c4ccc(c(Cl)c4)O5)O[C@H](CO)[C@@H](O)[C@@H]3O)O[C@@H](C)[C@H]2O)cc1. The zero-order valence-corrected chi connectivity index (χ0v) is 65.4. The minimum Gasteiger partial charge on any atom is -0.508 e. The Bertz CT molecular complexity index is 4740. The lowest BCUT2D eigenvalue weighted by Gasteiger charge is -2.48. The van der Waals surface area contributed by atoms with E-state index in [-0.39, 0.29) is 59.3 Å². The molecule has 6 aromatic carbocycles. The molecule has 7 aliphatic rings. The summed E-state index contributed by atoms with van der Waals surface area (Å²) < 4.78 is 44.9. The number of rotatable bonds is 22. The Balaban J connectivity index is 1.08. The zero-order chi connectivity index (χ0) is 84.8. The first-order chi connectivity index (χ1) is 55.6. The second-order valence-electron chi connectivity index (χ2n) is 29.6. The average molecular weight is 1670 g/mol. The normalized spacial score (nSPS) is 26.9. The van der Waals surface area contributed by atoms with Crippen molar-refractivity contribution in [1.82, 2.24) is 47.9 Å². The molecule has 2 fully saturated rings. The fourth-order valence-electron chi connectivity index (χ4n) is 14.3. The van der Waals surface area contributed by atoms with Crippen molar-refractivity contribution in [3.8, 4) is 62.9 Å². The molecule has 6 aromatic rings. The number of fused-ring (bicyclic) bond motifs is 15. The number of aliphatic carboxylic acids is 1. The molecule has 0 unspecified atom stereocenters. The smallest absolute Gasteiger partial charge is 0.330 e. The highest BCUT2D eigenvalue weighted by molar-refractivity contribution is 6.32. The number of phenolic OH excluding ortho intramolecular Hbond substituents is 3. The summed E-state index contributed by atoms with van der Waals surface area (Å²) in [6.45, 7) is 8.21. The summed E-state index contributed by atoms with van der Waals surface area (Å²) in [5, 5.41) is 139. The summed E-state index contributed by atoms with van der Waals surface area (Å²) in [5.41, 5.74) is 2.08. The van der Waals surface area contributed by atoms with Crippen molar-refractivity contribution in [3.05, 3.63) is 147 Å². The number of primary amides is 1. The molecule has 0 aliphatic carbocycles. The molecule has 628 valence electrons. The predicted molar refractivity (Wildman–Crippen MR) is 412 cm³/mol. The number of unbranched alkanes of at least 4 members (excludes halogenated alkanes) is 1. The van der Waals surface area contributed by atoms with Crippen LogP contribution in [0.3, 0.4) is 0 Å². The van der Waals surface area contributed by atoms with Gasteiger partial charge in [0.25, 0.3) is 0 Å². The van der Waals surface area contributed by atoms with E-state index in [1.54, 1.807) is 0 Å². The van der Waals surface area contributed by atoms with Gasteiger partial charge >= 0.3 is 5.97 Å². The van der Waals surface area contributed by atoms with Gasteiger partial charge in [-0.25, -0.2) is 4.79 Å². The fourth-order valence-corrected chi connectivity index (χ4v) is 14.8. The number of carboxylic acid groups (broad SMARTS) is 1. The molecule has 21 N–H and O–H groups in total. The lowest BCUT2D eigenvalue weighted by Crippen LogP contribution is -2.66. The maximum Gasteiger partial charge on any atom is 0.330 e. The molecule has 0 radical (unpaired) electrons. The predicted octanol–water partition coefficient (Wildman–Crippen LogP) is 2.23. The number of amides is 8. The molecule has 117 heavy (non-hydrogen) atoms. The lowest BCUT2D eigenvalue weighted by molar-refractivity contribution is -0.334. The molecule has 7 aliphatic heterocycles. The summed E-state index contributed by atoms with van der Waals surface area (Å²) in [5.74, 6) is -16.2. The van der Waals surface area contributed by atoms with Crippen LogP contribution in [0.15, 0.2) is 103 Å². The standard InChI is InChI=1S/C79H92Cl2N10O26/c1-7-8-19-111-41-14-9-35(10-15-41)30-84-31-56(97)91-79(5)29-57(112-34(4)70(79)102)116-69-67(101)66(100)54(32-92)115-78(69)117-68-52-24-39-25-53(68)114-51-18-13-38(23-45(51)81)65(99)63-76(108)88-61(77(109)110)43-26-40(93)27-49(95)58(43)42-21-36(11-16-48(42)94)59(73(105)90-63)87-74(106)60(39)86-72(104)47(28-55(82)96)85-75(107)62(89-71(103)46(83-6)20-33(2)3)64(98)37-12-17-50(113-52)44(80)22-37/h9-18,21-27,33-34,46-47,54,57,59-67,69-70,78,83-84,92-95,98-102H,7-8,19-20,28-32H2,1-6H3,(H2,82,96)(H,85,107)(H,86,104)(H,87,106)(H,88,108)(H,89,103)(H,90,105)(H,91,97)(H,109,110)/t34-,46+,47-,54+,57-,59+,60+,61-,62+,63-,64+,65+,66+,67-,69+,70+,78-,79-/m0/s1. The molecule has 0 spiro atoms. The number of phenols is 3. The molecule has 18 atom stereocenters. The number of nitrogens with two attached hydrogens (primary N) is 1. The zero-order valence-electron chi connectivity index (χ0n) is 63.9. The Morgan fingerprint density at radius 3 is 1.96 bits per heavy atom. The van der Waals surface area contributed by atoms with Gasteiger partial charge in [-0.2, -0.15) is 0 Å². The van der Waals surface area contributed by atoms with Crippen LogP contribution in [-0.2, 0) is 63.9 Å². The van der Waals surface area contributed by atoms with Gasteiger partial charge < -0.3 is 138 Å². The molecule has 0 aromatic heterocycles. The van der Waals surface area contributed by atoms with Crippen LogP contribution in [0.4, 0.5) is 0 Å². The highest BCUT2D eigenvalue weighted by Crippen LogP contribution is 2.50. The van der Waals surface area contributed by atoms with Crippen LogP contribution < -0.4 is 72.5 Å². The molecule has 7 heterocycles. The third-order valence-electron chi connectivity index (χ3n) is 20.5. The van der Waals surface area contributed by atoms with Crippen LogP contribution in [0.1, 0.15) is 130 Å². The summed E-state index contributed by atoms with van der Waals surface area (Å²) in [4.78, 5) is 132. The van der Waals surface area contributed by atoms with E-state index in [9.17, 15) is 79.8 Å². The largest absolute Gasteiger partial charge is 0.508 e. The van der Waals surface area contributed by atoms with E-state index >= 15 is 14.4 Å². The van der Waals surface area contributed by atoms with Gasteiger partial charge in [0, 0.05) is 35.7 Å². The number of likely N-dealkylation sites (N-methyl/N-ethyl adjacent to an activating group) is 1. The summed E-state index contributed by atoms with van der Waals surface area (Å²) in [6.07, 6.45) is -17.9. The van der Waals surface area contributed by atoms with Crippen molar-refractivity contribution in [2.45, 2.75) is 183 Å². The highest BCUT2D eigenvalue weighted by Gasteiger charge is 2.53. The average Bonchev–Trinajstić information content (AvgIpc) is 0.770. The topological polar surface area (TPSA) is 555 Å². The number of carbonyl (C=O) groups is 9. The minimum atomic E-state index is -2.38. The molecule has 0 saturated carbocycles. The first kappa shape index (κ1) is 87.1. The number of carbonyl (C=O) groups excluding carboxylic acids is 8. The van der Waals surface area contributed by atoms with Gasteiger partial charge in [-0.15, -0.1) is 0 Å². The van der Waals surface area contributed by atoms with Gasteiger partial charge in [-0.1, -0.05) is 80.7 Å². The van der Waals surface area contributed by atoms with E-state index in [4.69, 9.17) is 62.1 Å². The maximum atomic E-state index is 16.2. The van der Waals surface area contributed by atoms with Crippen LogP contribution in [0, 0.1) is 5.92 Å². The highest BCUT2D eigenvalue weighted by atomic mass is 35.5. The molecule has 13 rings (SSSR count). The van der Waals surface area contributed by atoms with E-state index in [0.29, 0.717) is 12.4 Å². The molecule has 38 heteroatoms. The second kappa shape index (κ2) is 37.3. The van der Waals surface area contributed by atoms with Crippen molar-refractivity contribution in [2.75, 3.05) is 26.8 Å². The second-order valence-corrected chi connectivity index (χ2v) is 30.4. The Labute approximate surface area is 678 Å². The number of hydrogen-bond donors (Lipinski definition) is 20. The van der Waals surface area contributed by atoms with Gasteiger partial charge in [0.15, 0.2) is 29.9 Å². The summed E-state index contributed by atoms with van der Waals surface area (Å²) in [6, 6.07) is 6.34. The van der Waals surface area contributed by atoms with E-state index in [1.807, 2.05) is 38.1 Å². The molecular formula is C79H92Cl2N10O26.